The molecule has 2 aliphatic carbocycles. The second kappa shape index (κ2) is 3.90. The lowest BCUT2D eigenvalue weighted by molar-refractivity contribution is -0.182. The van der Waals surface area contributed by atoms with E-state index in [9.17, 15) is 13.2 Å². The Kier molecular flexibility index (Phi) is 2.97. The summed E-state index contributed by atoms with van der Waals surface area (Å²) in [5.41, 5.74) is 0.362. The maximum absolute atomic E-state index is 12.4. The van der Waals surface area contributed by atoms with E-state index in [0.717, 1.165) is 6.42 Å². The van der Waals surface area contributed by atoms with E-state index in [-0.39, 0.29) is 0 Å². The van der Waals surface area contributed by atoms with E-state index in [4.69, 9.17) is 0 Å². The molecule has 2 aliphatic rings. The molecule has 16 heavy (non-hydrogen) atoms. The first-order chi connectivity index (χ1) is 7.29. The van der Waals surface area contributed by atoms with Crippen molar-refractivity contribution >= 4 is 0 Å². The molecule has 94 valence electrons. The first kappa shape index (κ1) is 12.2. The first-order valence-electron chi connectivity index (χ1n) is 6.12. The highest BCUT2D eigenvalue weighted by atomic mass is 19.4. The van der Waals surface area contributed by atoms with Crippen molar-refractivity contribution in [1.82, 2.24) is 5.32 Å². The number of nitrogens with one attached hydrogen (secondary N) is 1. The summed E-state index contributed by atoms with van der Waals surface area (Å²) < 4.78 is 37.3. The smallest absolute Gasteiger partial charge is 0.311 e. The van der Waals surface area contributed by atoms with E-state index in [1.54, 1.807) is 0 Å². The lowest BCUT2D eigenvalue weighted by atomic mass is 9.85. The van der Waals surface area contributed by atoms with E-state index in [0.29, 0.717) is 43.2 Å². The Labute approximate surface area is 94.8 Å². The Balaban J connectivity index is 1.74. The van der Waals surface area contributed by atoms with Crippen molar-refractivity contribution in [3.05, 3.63) is 0 Å². The first-order valence-corrected chi connectivity index (χ1v) is 6.12. The molecule has 2 rings (SSSR count). The summed E-state index contributed by atoms with van der Waals surface area (Å²) in [6, 6.07) is 0.838. The third kappa shape index (κ3) is 2.70. The number of hydrogen-bond acceptors (Lipinski definition) is 1. The van der Waals surface area contributed by atoms with Crippen molar-refractivity contribution in [1.29, 1.82) is 0 Å². The number of rotatable bonds is 2. The van der Waals surface area contributed by atoms with Crippen LogP contribution in [0, 0.1) is 11.3 Å². The van der Waals surface area contributed by atoms with E-state index >= 15 is 0 Å². The van der Waals surface area contributed by atoms with Gasteiger partial charge in [0, 0.05) is 12.1 Å². The average molecular weight is 235 g/mol. The maximum Gasteiger partial charge on any atom is 0.391 e. The fraction of sp³-hybridized carbons (Fsp3) is 1.00. The van der Waals surface area contributed by atoms with Crippen molar-refractivity contribution in [3.63, 3.8) is 0 Å². The average Bonchev–Trinajstić information content (AvgIpc) is 2.73. The summed E-state index contributed by atoms with van der Waals surface area (Å²) in [6.45, 7) is 4.40. The van der Waals surface area contributed by atoms with Crippen molar-refractivity contribution in [3.8, 4) is 0 Å². The van der Waals surface area contributed by atoms with Crippen LogP contribution in [0.3, 0.4) is 0 Å². The van der Waals surface area contributed by atoms with Gasteiger partial charge in [0.1, 0.15) is 0 Å². The van der Waals surface area contributed by atoms with Crippen LogP contribution < -0.4 is 5.32 Å². The highest BCUT2D eigenvalue weighted by molar-refractivity contribution is 5.03. The van der Waals surface area contributed by atoms with Crippen LogP contribution in [-0.2, 0) is 0 Å². The zero-order valence-corrected chi connectivity index (χ0v) is 9.90. The molecular weight excluding hydrogens is 215 g/mol. The molecule has 2 saturated carbocycles. The van der Waals surface area contributed by atoms with Crippen molar-refractivity contribution in [2.75, 3.05) is 0 Å². The highest BCUT2D eigenvalue weighted by Gasteiger charge is 2.47. The van der Waals surface area contributed by atoms with Crippen molar-refractivity contribution < 1.29 is 13.2 Å². The molecule has 0 spiro atoms. The summed E-state index contributed by atoms with van der Waals surface area (Å²) in [6.07, 6.45) is -0.869. The lowest BCUT2D eigenvalue weighted by Crippen LogP contribution is -2.39. The molecule has 1 unspecified atom stereocenters. The van der Waals surface area contributed by atoms with Crippen LogP contribution in [0.25, 0.3) is 0 Å². The molecule has 2 fully saturated rings. The lowest BCUT2D eigenvalue weighted by Gasteiger charge is -2.30. The number of hydrogen-bond donors (Lipinski definition) is 1. The molecular formula is C12H20F3N. The zero-order valence-electron chi connectivity index (χ0n) is 9.90. The largest absolute Gasteiger partial charge is 0.391 e. The van der Waals surface area contributed by atoms with Gasteiger partial charge < -0.3 is 5.32 Å². The van der Waals surface area contributed by atoms with Gasteiger partial charge in [-0.2, -0.15) is 13.2 Å². The fourth-order valence-electron chi connectivity index (χ4n) is 2.62. The van der Waals surface area contributed by atoms with Gasteiger partial charge in [-0.1, -0.05) is 13.8 Å². The summed E-state index contributed by atoms with van der Waals surface area (Å²) in [5, 5.41) is 3.49. The standard InChI is InChI=1S/C12H20F3N/c1-11(2)7-10(11)16-9-5-3-8(4-6-9)12(13,14)15/h8-10,16H,3-7H2,1-2H3. The molecule has 0 bridgehead atoms. The second-order valence-corrected chi connectivity index (χ2v) is 6.00. The fourth-order valence-corrected chi connectivity index (χ4v) is 2.62. The summed E-state index contributed by atoms with van der Waals surface area (Å²) >= 11 is 0. The number of halogens is 3. The summed E-state index contributed by atoms with van der Waals surface area (Å²) in [4.78, 5) is 0. The molecule has 0 aliphatic heterocycles. The summed E-state index contributed by atoms with van der Waals surface area (Å²) in [5.74, 6) is -1.06. The van der Waals surface area contributed by atoms with Gasteiger partial charge in [-0.05, 0) is 37.5 Å². The van der Waals surface area contributed by atoms with Gasteiger partial charge >= 0.3 is 6.18 Å². The molecule has 0 heterocycles. The van der Waals surface area contributed by atoms with Crippen molar-refractivity contribution in [2.24, 2.45) is 11.3 Å². The molecule has 0 aromatic carbocycles. The maximum atomic E-state index is 12.4. The summed E-state index contributed by atoms with van der Waals surface area (Å²) in [7, 11) is 0. The minimum atomic E-state index is -3.98. The number of alkyl halides is 3. The quantitative estimate of drug-likeness (QED) is 0.772. The van der Waals surface area contributed by atoms with E-state index in [1.807, 2.05) is 0 Å². The monoisotopic (exact) mass is 235 g/mol. The van der Waals surface area contributed by atoms with E-state index < -0.39 is 12.1 Å². The normalized spacial score (nSPS) is 38.4. The van der Waals surface area contributed by atoms with E-state index in [2.05, 4.69) is 19.2 Å². The molecule has 4 heteroatoms. The van der Waals surface area contributed by atoms with Gasteiger partial charge in [0.2, 0.25) is 0 Å². The molecule has 0 saturated heterocycles. The third-order valence-electron chi connectivity index (χ3n) is 4.14. The van der Waals surface area contributed by atoms with Crippen LogP contribution in [0.5, 0.6) is 0 Å². The topological polar surface area (TPSA) is 12.0 Å². The van der Waals surface area contributed by atoms with Gasteiger partial charge in [0.05, 0.1) is 5.92 Å². The predicted molar refractivity (Wildman–Crippen MR) is 57.1 cm³/mol. The zero-order chi connectivity index (χ0) is 12.0. The van der Waals surface area contributed by atoms with Gasteiger partial charge in [-0.15, -0.1) is 0 Å². The Bertz CT molecular complexity index is 251. The molecule has 0 aromatic rings. The van der Waals surface area contributed by atoms with Crippen LogP contribution in [-0.4, -0.2) is 18.3 Å². The Morgan fingerprint density at radius 2 is 1.56 bits per heavy atom. The third-order valence-corrected chi connectivity index (χ3v) is 4.14. The SMILES string of the molecule is CC1(C)CC1NC1CCC(C(F)(F)F)CC1. The van der Waals surface area contributed by atoms with Crippen LogP contribution in [0.2, 0.25) is 0 Å². The van der Waals surface area contributed by atoms with Crippen LogP contribution >= 0.6 is 0 Å². The van der Waals surface area contributed by atoms with Crippen LogP contribution in [0.15, 0.2) is 0 Å². The molecule has 0 amide bonds. The van der Waals surface area contributed by atoms with Crippen LogP contribution in [0.1, 0.15) is 46.0 Å². The Morgan fingerprint density at radius 3 is 1.94 bits per heavy atom. The van der Waals surface area contributed by atoms with Gasteiger partial charge in [0.25, 0.3) is 0 Å². The highest BCUT2D eigenvalue weighted by Crippen LogP contribution is 2.46. The Morgan fingerprint density at radius 1 is 1.06 bits per heavy atom. The minimum Gasteiger partial charge on any atom is -0.311 e. The molecule has 1 N–H and O–H groups in total. The molecule has 0 aromatic heterocycles. The van der Waals surface area contributed by atoms with Gasteiger partial charge in [-0.25, -0.2) is 0 Å². The van der Waals surface area contributed by atoms with Gasteiger partial charge in [0.15, 0.2) is 0 Å². The minimum absolute atomic E-state index is 0.300. The molecule has 0 radical (unpaired) electrons. The second-order valence-electron chi connectivity index (χ2n) is 6.00. The van der Waals surface area contributed by atoms with Crippen molar-refractivity contribution in [2.45, 2.75) is 64.2 Å². The Hall–Kier alpha value is -0.250. The molecule has 1 atom stereocenters. The predicted octanol–water partition coefficient (Wildman–Crippen LogP) is 3.50. The van der Waals surface area contributed by atoms with Crippen LogP contribution in [0.4, 0.5) is 13.2 Å². The van der Waals surface area contributed by atoms with E-state index in [1.165, 1.54) is 0 Å². The van der Waals surface area contributed by atoms with Gasteiger partial charge in [-0.3, -0.25) is 0 Å². The molecule has 1 nitrogen and oxygen atoms in total.